The van der Waals surface area contributed by atoms with Crippen LogP contribution in [0.5, 0.6) is 0 Å². The van der Waals surface area contributed by atoms with E-state index in [0.29, 0.717) is 18.5 Å². The molecule has 1 fully saturated rings. The number of hydrogen-bond donors (Lipinski definition) is 1. The van der Waals surface area contributed by atoms with Crippen LogP contribution in [-0.4, -0.2) is 28.9 Å². The molecule has 0 amide bonds. The first-order valence-electron chi connectivity index (χ1n) is 6.76. The fourth-order valence-electron chi connectivity index (χ4n) is 2.03. The number of thiazole rings is 1. The van der Waals surface area contributed by atoms with Gasteiger partial charge in [0.05, 0.1) is 12.2 Å². The summed E-state index contributed by atoms with van der Waals surface area (Å²) in [4.78, 5) is 11.1. The van der Waals surface area contributed by atoms with Crippen LogP contribution in [0, 0.1) is 0 Å². The van der Waals surface area contributed by atoms with E-state index in [2.05, 4.69) is 32.4 Å². The summed E-state index contributed by atoms with van der Waals surface area (Å²) < 4.78 is 0. The van der Waals surface area contributed by atoms with E-state index in [1.54, 1.807) is 11.3 Å². The molecule has 0 radical (unpaired) electrons. The van der Waals surface area contributed by atoms with Gasteiger partial charge in [-0.05, 0) is 12.8 Å². The highest BCUT2D eigenvalue weighted by Crippen LogP contribution is 2.25. The summed E-state index contributed by atoms with van der Waals surface area (Å²) >= 11 is 1.63. The van der Waals surface area contributed by atoms with Gasteiger partial charge in [0.25, 0.3) is 0 Å². The van der Waals surface area contributed by atoms with Crippen LogP contribution in [-0.2, 0) is 6.54 Å². The molecule has 0 saturated heterocycles. The Hall–Kier alpha value is -1.88. The average Bonchev–Trinajstić information content (AvgIpc) is 3.23. The molecule has 2 N–H and O–H groups in total. The molecule has 3 rings (SSSR count). The summed E-state index contributed by atoms with van der Waals surface area (Å²) in [6.07, 6.45) is 2.45. The van der Waals surface area contributed by atoms with E-state index in [-0.39, 0.29) is 0 Å². The van der Waals surface area contributed by atoms with E-state index < -0.39 is 0 Å². The maximum Gasteiger partial charge on any atom is 0.191 e. The molecule has 2 aromatic rings. The molecule has 5 heteroatoms. The van der Waals surface area contributed by atoms with E-state index in [0.717, 1.165) is 16.3 Å². The summed E-state index contributed by atoms with van der Waals surface area (Å²) in [5.41, 5.74) is 8.13. The van der Waals surface area contributed by atoms with Crippen LogP contribution in [0.15, 0.2) is 40.7 Å². The Balaban J connectivity index is 1.67. The third-order valence-electron chi connectivity index (χ3n) is 3.45. The SMILES string of the molecule is CN(C(N)=NCc1nc(-c2ccccc2)cs1)C1CC1. The molecule has 1 aliphatic rings. The van der Waals surface area contributed by atoms with Gasteiger partial charge in [-0.25, -0.2) is 9.98 Å². The van der Waals surface area contributed by atoms with Gasteiger partial charge in [-0.2, -0.15) is 0 Å². The molecule has 0 atom stereocenters. The predicted molar refractivity (Wildman–Crippen MR) is 83.7 cm³/mol. The zero-order chi connectivity index (χ0) is 13.9. The summed E-state index contributed by atoms with van der Waals surface area (Å²) in [5, 5.41) is 3.07. The maximum atomic E-state index is 5.98. The highest BCUT2D eigenvalue weighted by molar-refractivity contribution is 7.09. The second kappa shape index (κ2) is 5.63. The van der Waals surface area contributed by atoms with Crippen LogP contribution < -0.4 is 5.73 Å². The Morgan fingerprint density at radius 2 is 2.15 bits per heavy atom. The van der Waals surface area contributed by atoms with Gasteiger partial charge in [-0.3, -0.25) is 0 Å². The Labute approximate surface area is 123 Å². The van der Waals surface area contributed by atoms with Gasteiger partial charge < -0.3 is 10.6 Å². The van der Waals surface area contributed by atoms with E-state index in [1.165, 1.54) is 12.8 Å². The Morgan fingerprint density at radius 1 is 1.40 bits per heavy atom. The van der Waals surface area contributed by atoms with Crippen LogP contribution in [0.4, 0.5) is 0 Å². The van der Waals surface area contributed by atoms with Crippen molar-refractivity contribution in [1.82, 2.24) is 9.88 Å². The van der Waals surface area contributed by atoms with Gasteiger partial charge in [-0.15, -0.1) is 11.3 Å². The largest absolute Gasteiger partial charge is 0.370 e. The lowest BCUT2D eigenvalue weighted by Crippen LogP contribution is -2.35. The lowest BCUT2D eigenvalue weighted by atomic mass is 10.2. The van der Waals surface area contributed by atoms with Crippen LogP contribution in [0.3, 0.4) is 0 Å². The third-order valence-corrected chi connectivity index (χ3v) is 4.29. The smallest absolute Gasteiger partial charge is 0.191 e. The van der Waals surface area contributed by atoms with Crippen molar-refractivity contribution in [2.24, 2.45) is 10.7 Å². The molecule has 20 heavy (non-hydrogen) atoms. The number of aliphatic imine (C=N–C) groups is 1. The van der Waals surface area contributed by atoms with E-state index in [9.17, 15) is 0 Å². The van der Waals surface area contributed by atoms with Gasteiger partial charge in [0.1, 0.15) is 5.01 Å². The van der Waals surface area contributed by atoms with Crippen molar-refractivity contribution >= 4 is 17.3 Å². The summed E-state index contributed by atoms with van der Waals surface area (Å²) in [6, 6.07) is 10.8. The van der Waals surface area contributed by atoms with Crippen molar-refractivity contribution < 1.29 is 0 Å². The first-order chi connectivity index (χ1) is 9.74. The van der Waals surface area contributed by atoms with Gasteiger partial charge in [0.2, 0.25) is 0 Å². The van der Waals surface area contributed by atoms with Gasteiger partial charge in [0.15, 0.2) is 5.96 Å². The molecule has 4 nitrogen and oxygen atoms in total. The minimum atomic E-state index is 0.556. The standard InChI is InChI=1S/C15H18N4S/c1-19(12-7-8-12)15(16)17-9-14-18-13(10-20-14)11-5-3-2-4-6-11/h2-6,10,12H,7-9H2,1H3,(H2,16,17). The van der Waals surface area contributed by atoms with Crippen molar-refractivity contribution in [1.29, 1.82) is 0 Å². The molecule has 0 bridgehead atoms. The van der Waals surface area contributed by atoms with Gasteiger partial charge in [-0.1, -0.05) is 30.3 Å². The number of aromatic nitrogens is 1. The minimum Gasteiger partial charge on any atom is -0.370 e. The van der Waals surface area contributed by atoms with Crippen LogP contribution in [0.2, 0.25) is 0 Å². The number of benzene rings is 1. The summed E-state index contributed by atoms with van der Waals surface area (Å²) in [5.74, 6) is 0.615. The molecular formula is C15H18N4S. The normalized spacial score (nSPS) is 15.3. The number of nitrogens with two attached hydrogens (primary N) is 1. The van der Waals surface area contributed by atoms with Crippen molar-refractivity contribution in [3.63, 3.8) is 0 Å². The Kier molecular flexibility index (Phi) is 3.69. The van der Waals surface area contributed by atoms with E-state index in [4.69, 9.17) is 5.73 Å². The fraction of sp³-hybridized carbons (Fsp3) is 0.333. The molecule has 1 aromatic heterocycles. The van der Waals surface area contributed by atoms with Crippen molar-refractivity contribution in [3.8, 4) is 11.3 Å². The van der Waals surface area contributed by atoms with Crippen molar-refractivity contribution in [2.75, 3.05) is 7.05 Å². The predicted octanol–water partition coefficient (Wildman–Crippen LogP) is 2.72. The monoisotopic (exact) mass is 286 g/mol. The maximum absolute atomic E-state index is 5.98. The highest BCUT2D eigenvalue weighted by atomic mass is 32.1. The second-order valence-corrected chi connectivity index (χ2v) is 5.95. The lowest BCUT2D eigenvalue weighted by molar-refractivity contribution is 0.487. The Morgan fingerprint density at radius 3 is 2.85 bits per heavy atom. The number of nitrogens with zero attached hydrogens (tertiary/aromatic N) is 3. The first kappa shape index (κ1) is 13.1. The molecule has 1 heterocycles. The molecule has 1 saturated carbocycles. The highest BCUT2D eigenvalue weighted by Gasteiger charge is 2.27. The van der Waals surface area contributed by atoms with Crippen molar-refractivity contribution in [2.45, 2.75) is 25.4 Å². The third kappa shape index (κ3) is 2.99. The number of hydrogen-bond acceptors (Lipinski definition) is 3. The van der Waals surface area contributed by atoms with Crippen LogP contribution in [0.1, 0.15) is 17.8 Å². The van der Waals surface area contributed by atoms with E-state index >= 15 is 0 Å². The van der Waals surface area contributed by atoms with Gasteiger partial charge in [0, 0.05) is 24.0 Å². The second-order valence-electron chi connectivity index (χ2n) is 5.01. The summed E-state index contributed by atoms with van der Waals surface area (Å²) in [7, 11) is 2.01. The molecule has 0 aliphatic heterocycles. The quantitative estimate of drug-likeness (QED) is 0.694. The molecule has 1 aromatic carbocycles. The van der Waals surface area contributed by atoms with Gasteiger partial charge >= 0.3 is 0 Å². The average molecular weight is 286 g/mol. The zero-order valence-corrected chi connectivity index (χ0v) is 12.3. The Bertz CT molecular complexity index is 601. The topological polar surface area (TPSA) is 54.5 Å². The lowest BCUT2D eigenvalue weighted by Gasteiger charge is -2.16. The molecule has 0 unspecified atom stereocenters. The van der Waals surface area contributed by atoms with Crippen LogP contribution >= 0.6 is 11.3 Å². The zero-order valence-electron chi connectivity index (χ0n) is 11.5. The number of rotatable bonds is 4. The molecule has 0 spiro atoms. The molecule has 104 valence electrons. The van der Waals surface area contributed by atoms with Crippen molar-refractivity contribution in [3.05, 3.63) is 40.7 Å². The van der Waals surface area contributed by atoms with E-state index in [1.807, 2.05) is 25.2 Å². The minimum absolute atomic E-state index is 0.556. The molecular weight excluding hydrogens is 268 g/mol. The molecule has 1 aliphatic carbocycles. The number of guanidine groups is 1. The summed E-state index contributed by atoms with van der Waals surface area (Å²) in [6.45, 7) is 0.556. The fourth-order valence-corrected chi connectivity index (χ4v) is 2.76. The first-order valence-corrected chi connectivity index (χ1v) is 7.64. The van der Waals surface area contributed by atoms with Crippen LogP contribution in [0.25, 0.3) is 11.3 Å².